The van der Waals surface area contributed by atoms with E-state index in [9.17, 15) is 4.79 Å². The number of nitrogens with one attached hydrogen (secondary N) is 2. The number of rotatable bonds is 7. The van der Waals surface area contributed by atoms with Gasteiger partial charge in [-0.25, -0.2) is 0 Å². The maximum atomic E-state index is 12.3. The summed E-state index contributed by atoms with van der Waals surface area (Å²) in [7, 11) is 0. The number of hydrogen-bond acceptors (Lipinski definition) is 3. The van der Waals surface area contributed by atoms with Crippen LogP contribution in [0.3, 0.4) is 0 Å². The van der Waals surface area contributed by atoms with Gasteiger partial charge in [-0.05, 0) is 81.2 Å². The van der Waals surface area contributed by atoms with Gasteiger partial charge in [-0.1, -0.05) is 31.2 Å². The largest absolute Gasteiger partial charge is 0.352 e. The molecule has 2 saturated heterocycles. The highest BCUT2D eigenvalue weighted by molar-refractivity contribution is 5.75. The van der Waals surface area contributed by atoms with E-state index < -0.39 is 0 Å². The lowest BCUT2D eigenvalue weighted by molar-refractivity contribution is -0.121. The average molecular weight is 358 g/mol. The summed E-state index contributed by atoms with van der Waals surface area (Å²) >= 11 is 0. The Labute approximate surface area is 158 Å². The van der Waals surface area contributed by atoms with Crippen molar-refractivity contribution in [3.8, 4) is 0 Å². The summed E-state index contributed by atoms with van der Waals surface area (Å²) in [4.78, 5) is 14.8. The standard InChI is InChI=1S/C22H35N3O/c1-18-10-14-25(15-11-18)17-21-5-3-2-4-20(21)16-24-22(26)7-6-19-8-12-23-13-9-19/h2-5,18-19,23H,6-17H2,1H3,(H,24,26). The molecule has 2 heterocycles. The van der Waals surface area contributed by atoms with E-state index in [-0.39, 0.29) is 5.91 Å². The Morgan fingerprint density at radius 1 is 1.12 bits per heavy atom. The molecule has 1 aromatic rings. The van der Waals surface area contributed by atoms with Crippen LogP contribution in [0.15, 0.2) is 24.3 Å². The van der Waals surface area contributed by atoms with E-state index in [1.54, 1.807) is 0 Å². The minimum atomic E-state index is 0.199. The second-order valence-electron chi connectivity index (χ2n) is 8.24. The number of benzene rings is 1. The number of amides is 1. The minimum Gasteiger partial charge on any atom is -0.352 e. The van der Waals surface area contributed by atoms with Gasteiger partial charge in [0, 0.05) is 19.5 Å². The normalized spacial score (nSPS) is 20.2. The summed E-state index contributed by atoms with van der Waals surface area (Å²) in [5.74, 6) is 1.78. The molecule has 2 N–H and O–H groups in total. The molecule has 0 aliphatic carbocycles. The molecule has 1 aromatic carbocycles. The third-order valence-electron chi connectivity index (χ3n) is 6.10. The Bertz CT molecular complexity index is 560. The molecule has 0 bridgehead atoms. The molecule has 4 heteroatoms. The molecule has 0 aromatic heterocycles. The van der Waals surface area contributed by atoms with Crippen LogP contribution in [0.2, 0.25) is 0 Å². The van der Waals surface area contributed by atoms with Crippen LogP contribution in [0.1, 0.15) is 56.6 Å². The van der Waals surface area contributed by atoms with Crippen LogP contribution in [-0.4, -0.2) is 37.0 Å². The lowest BCUT2D eigenvalue weighted by Gasteiger charge is -2.30. The summed E-state index contributed by atoms with van der Waals surface area (Å²) in [5, 5.41) is 6.54. The number of hydrogen-bond donors (Lipinski definition) is 2. The summed E-state index contributed by atoms with van der Waals surface area (Å²) in [5.41, 5.74) is 2.63. The van der Waals surface area contributed by atoms with E-state index in [4.69, 9.17) is 0 Å². The van der Waals surface area contributed by atoms with Crippen LogP contribution in [0.5, 0.6) is 0 Å². The first kappa shape index (κ1) is 19.4. The fraction of sp³-hybridized carbons (Fsp3) is 0.682. The van der Waals surface area contributed by atoms with Gasteiger partial charge in [0.2, 0.25) is 5.91 Å². The van der Waals surface area contributed by atoms with Gasteiger partial charge >= 0.3 is 0 Å². The van der Waals surface area contributed by atoms with Gasteiger partial charge in [-0.2, -0.15) is 0 Å². The Morgan fingerprint density at radius 2 is 1.81 bits per heavy atom. The molecular weight excluding hydrogens is 322 g/mol. The molecule has 26 heavy (non-hydrogen) atoms. The van der Waals surface area contributed by atoms with Crippen molar-refractivity contribution >= 4 is 5.91 Å². The second-order valence-corrected chi connectivity index (χ2v) is 8.24. The molecule has 4 nitrogen and oxygen atoms in total. The molecule has 0 unspecified atom stereocenters. The topological polar surface area (TPSA) is 44.4 Å². The lowest BCUT2D eigenvalue weighted by Crippen LogP contribution is -2.33. The van der Waals surface area contributed by atoms with Crippen molar-refractivity contribution in [2.45, 2.75) is 58.5 Å². The number of carbonyl (C=O) groups is 1. The number of likely N-dealkylation sites (tertiary alicyclic amines) is 1. The molecule has 1 amide bonds. The van der Waals surface area contributed by atoms with Crippen LogP contribution in [-0.2, 0) is 17.9 Å². The first-order chi connectivity index (χ1) is 12.7. The van der Waals surface area contributed by atoms with Crippen molar-refractivity contribution in [1.82, 2.24) is 15.5 Å². The molecule has 2 aliphatic heterocycles. The molecule has 0 atom stereocenters. The van der Waals surface area contributed by atoms with E-state index in [2.05, 4.69) is 46.7 Å². The van der Waals surface area contributed by atoms with E-state index in [1.807, 2.05) is 0 Å². The third kappa shape index (κ3) is 6.10. The molecule has 2 fully saturated rings. The predicted molar refractivity (Wildman–Crippen MR) is 107 cm³/mol. The van der Waals surface area contributed by atoms with E-state index in [0.29, 0.717) is 13.0 Å². The van der Waals surface area contributed by atoms with Crippen molar-refractivity contribution < 1.29 is 4.79 Å². The zero-order valence-electron chi connectivity index (χ0n) is 16.3. The van der Waals surface area contributed by atoms with Crippen LogP contribution < -0.4 is 10.6 Å². The number of piperidine rings is 2. The van der Waals surface area contributed by atoms with Crippen molar-refractivity contribution in [2.24, 2.45) is 11.8 Å². The molecule has 2 aliphatic rings. The zero-order valence-corrected chi connectivity index (χ0v) is 16.3. The molecular formula is C22H35N3O. The highest BCUT2D eigenvalue weighted by atomic mass is 16.1. The molecule has 0 spiro atoms. The highest BCUT2D eigenvalue weighted by Crippen LogP contribution is 2.20. The Morgan fingerprint density at radius 3 is 2.54 bits per heavy atom. The summed E-state index contributed by atoms with van der Waals surface area (Å²) < 4.78 is 0. The van der Waals surface area contributed by atoms with E-state index in [1.165, 1.54) is 49.9 Å². The lowest BCUT2D eigenvalue weighted by atomic mass is 9.93. The van der Waals surface area contributed by atoms with Gasteiger partial charge in [-0.3, -0.25) is 9.69 Å². The molecule has 3 rings (SSSR count). The number of carbonyl (C=O) groups excluding carboxylic acids is 1. The van der Waals surface area contributed by atoms with E-state index in [0.717, 1.165) is 37.9 Å². The van der Waals surface area contributed by atoms with E-state index >= 15 is 0 Å². The molecule has 144 valence electrons. The maximum absolute atomic E-state index is 12.3. The Hall–Kier alpha value is -1.39. The van der Waals surface area contributed by atoms with Crippen LogP contribution in [0, 0.1) is 11.8 Å². The zero-order chi connectivity index (χ0) is 18.2. The van der Waals surface area contributed by atoms with Crippen LogP contribution in [0.4, 0.5) is 0 Å². The van der Waals surface area contributed by atoms with Gasteiger partial charge in [0.15, 0.2) is 0 Å². The average Bonchev–Trinajstić information content (AvgIpc) is 2.68. The fourth-order valence-corrected chi connectivity index (χ4v) is 4.13. The second kappa shape index (κ2) is 10.1. The number of nitrogens with zero attached hydrogens (tertiary/aromatic N) is 1. The van der Waals surface area contributed by atoms with Crippen molar-refractivity contribution in [2.75, 3.05) is 26.2 Å². The third-order valence-corrected chi connectivity index (χ3v) is 6.10. The van der Waals surface area contributed by atoms with Crippen LogP contribution in [0.25, 0.3) is 0 Å². The smallest absolute Gasteiger partial charge is 0.220 e. The Kier molecular flexibility index (Phi) is 7.51. The van der Waals surface area contributed by atoms with Gasteiger partial charge in [0.25, 0.3) is 0 Å². The minimum absolute atomic E-state index is 0.199. The monoisotopic (exact) mass is 357 g/mol. The molecule has 0 radical (unpaired) electrons. The van der Waals surface area contributed by atoms with Crippen molar-refractivity contribution in [1.29, 1.82) is 0 Å². The quantitative estimate of drug-likeness (QED) is 0.787. The maximum Gasteiger partial charge on any atom is 0.220 e. The first-order valence-corrected chi connectivity index (χ1v) is 10.5. The summed E-state index contributed by atoms with van der Waals surface area (Å²) in [6.07, 6.45) is 6.72. The van der Waals surface area contributed by atoms with Gasteiger partial charge < -0.3 is 10.6 Å². The van der Waals surface area contributed by atoms with Crippen molar-refractivity contribution in [3.63, 3.8) is 0 Å². The fourth-order valence-electron chi connectivity index (χ4n) is 4.13. The Balaban J connectivity index is 1.44. The van der Waals surface area contributed by atoms with Gasteiger partial charge in [-0.15, -0.1) is 0 Å². The van der Waals surface area contributed by atoms with Crippen LogP contribution >= 0.6 is 0 Å². The summed E-state index contributed by atoms with van der Waals surface area (Å²) in [6, 6.07) is 8.58. The molecule has 0 saturated carbocycles. The van der Waals surface area contributed by atoms with Gasteiger partial charge in [0.05, 0.1) is 0 Å². The first-order valence-electron chi connectivity index (χ1n) is 10.5. The van der Waals surface area contributed by atoms with Gasteiger partial charge in [0.1, 0.15) is 0 Å². The highest BCUT2D eigenvalue weighted by Gasteiger charge is 2.17. The SMILES string of the molecule is CC1CCN(Cc2ccccc2CNC(=O)CCC2CCNCC2)CC1. The summed E-state index contributed by atoms with van der Waals surface area (Å²) in [6.45, 7) is 8.62. The van der Waals surface area contributed by atoms with Crippen molar-refractivity contribution in [3.05, 3.63) is 35.4 Å². The predicted octanol–water partition coefficient (Wildman–Crippen LogP) is 3.31.